The number of hydrogen-bond acceptors (Lipinski definition) is 19. The van der Waals surface area contributed by atoms with Gasteiger partial charge in [-0.15, -0.1) is 6.58 Å². The molecule has 538 valence electrons. The first-order chi connectivity index (χ1) is 48.0. The molecule has 1 amide bonds. The molecule has 3 aliphatic heterocycles. The van der Waals surface area contributed by atoms with E-state index in [1.54, 1.807) is 65.8 Å². The van der Waals surface area contributed by atoms with E-state index < -0.39 is 130 Å². The van der Waals surface area contributed by atoms with Gasteiger partial charge in [-0.05, 0) is 94.3 Å². The molecule has 9 rings (SSSR count). The van der Waals surface area contributed by atoms with Crippen LogP contribution in [0.15, 0.2) is 195 Å². The van der Waals surface area contributed by atoms with Gasteiger partial charge in [-0.1, -0.05) is 211 Å². The van der Waals surface area contributed by atoms with E-state index in [0.29, 0.717) is 18.4 Å². The highest BCUT2D eigenvalue weighted by molar-refractivity contribution is 6.76. The zero-order valence-corrected chi connectivity index (χ0v) is 59.2. The first kappa shape index (κ1) is 77.5. The summed E-state index contributed by atoms with van der Waals surface area (Å²) in [6.07, 6.45) is -18.3. The second-order valence-electron chi connectivity index (χ2n) is 26.6. The molecule has 2 N–H and O–H groups in total. The zero-order chi connectivity index (χ0) is 71.2. The van der Waals surface area contributed by atoms with Gasteiger partial charge in [0.1, 0.15) is 54.9 Å². The van der Waals surface area contributed by atoms with Crippen molar-refractivity contribution in [3.05, 3.63) is 228 Å². The Morgan fingerprint density at radius 2 is 0.840 bits per heavy atom. The van der Waals surface area contributed by atoms with Gasteiger partial charge >= 0.3 is 17.9 Å². The number of ether oxygens (including phenoxy) is 14. The lowest BCUT2D eigenvalue weighted by atomic mass is 9.93. The number of aliphatic hydroxyl groups excluding tert-OH is 1. The maximum Gasteiger partial charge on any atom is 0.338 e. The van der Waals surface area contributed by atoms with Crippen molar-refractivity contribution in [1.82, 2.24) is 5.32 Å². The lowest BCUT2D eigenvalue weighted by Gasteiger charge is -2.51. The standard InChI is InChI=1S/C77H90Cl3NO19/c1-8-9-28-41-90-70-66(99-73(85)75(2,3)4)64(92-46-54-37-24-14-25-38-54)63(58(94-70)49-89-44-52-33-20-12-21-34-52)97-71-67(100-74(86)76(5,6)7)65(62(91-45-53-35-22-13-23-36-53)57(95-71)48-88-43-51-31-18-11-19-32-51)98-69-59(81-72(84)77(78,79)80)60(82)61(96-68(83)55-39-26-15-27-40-55)56(93-69)47-87-42-50-29-16-10-17-30-50/h8,10-27,29-40,56-67,69-71,82H,1,9,28,41-49H2,2-7H3,(H,81,84)/t56-,57-,58-,59-,60-,61-,62+,63-,64+,65+,66-,67-,69+,70-,71+/m1/s1. The third kappa shape index (κ3) is 22.7. The predicted molar refractivity (Wildman–Crippen MR) is 372 cm³/mol. The Bertz CT molecular complexity index is 3460. The Morgan fingerprint density at radius 1 is 0.460 bits per heavy atom. The fourth-order valence-electron chi connectivity index (χ4n) is 11.2. The Kier molecular flexibility index (Phi) is 29.0. The van der Waals surface area contributed by atoms with Crippen molar-refractivity contribution in [2.75, 3.05) is 26.4 Å². The summed E-state index contributed by atoms with van der Waals surface area (Å²) in [4.78, 5) is 58.0. The molecule has 0 bridgehead atoms. The summed E-state index contributed by atoms with van der Waals surface area (Å²) in [6, 6.07) is 53.0. The lowest BCUT2D eigenvalue weighted by molar-refractivity contribution is -0.383. The monoisotopic (exact) mass is 1440 g/mol. The summed E-state index contributed by atoms with van der Waals surface area (Å²) in [5.41, 5.74) is 1.70. The van der Waals surface area contributed by atoms with E-state index in [2.05, 4.69) is 11.9 Å². The van der Waals surface area contributed by atoms with Crippen LogP contribution in [0.5, 0.6) is 0 Å². The molecule has 0 saturated carbocycles. The highest BCUT2D eigenvalue weighted by Crippen LogP contribution is 2.40. The molecule has 0 radical (unpaired) electrons. The van der Waals surface area contributed by atoms with E-state index in [0.717, 1.165) is 22.3 Å². The average molecular weight is 1440 g/mol. The normalized spacial score (nSPS) is 25.6. The van der Waals surface area contributed by atoms with Gasteiger partial charge in [-0.25, -0.2) is 4.79 Å². The van der Waals surface area contributed by atoms with Gasteiger partial charge in [-0.2, -0.15) is 0 Å². The summed E-state index contributed by atoms with van der Waals surface area (Å²) in [5.74, 6) is -3.49. The number of carbonyl (C=O) groups is 4. The second kappa shape index (κ2) is 37.5. The molecule has 6 aromatic carbocycles. The van der Waals surface area contributed by atoms with Crippen LogP contribution in [0.4, 0.5) is 0 Å². The van der Waals surface area contributed by atoms with Gasteiger partial charge in [0.05, 0.1) is 75.9 Å². The number of alkyl halides is 3. The number of esters is 3. The van der Waals surface area contributed by atoms with Gasteiger partial charge in [0, 0.05) is 0 Å². The van der Waals surface area contributed by atoms with Crippen LogP contribution in [0.1, 0.15) is 92.6 Å². The number of hydrogen-bond donors (Lipinski definition) is 2. The number of allylic oxidation sites excluding steroid dienone is 1. The molecule has 23 heteroatoms. The second-order valence-corrected chi connectivity index (χ2v) is 28.9. The number of aliphatic hydroxyl groups is 1. The number of nitrogens with one attached hydrogen (secondary N) is 1. The van der Waals surface area contributed by atoms with E-state index in [-0.39, 0.29) is 65.0 Å². The number of carbonyl (C=O) groups excluding carboxylic acids is 4. The summed E-state index contributed by atoms with van der Waals surface area (Å²) >= 11 is 19.0. The van der Waals surface area contributed by atoms with Crippen molar-refractivity contribution in [2.45, 2.75) is 183 Å². The smallest absolute Gasteiger partial charge is 0.338 e. The summed E-state index contributed by atoms with van der Waals surface area (Å²) in [6.45, 7) is 13.4. The van der Waals surface area contributed by atoms with Crippen LogP contribution in [0.25, 0.3) is 0 Å². The number of rotatable bonds is 32. The minimum absolute atomic E-state index is 0.0383. The Labute approximate surface area is 599 Å². The third-order valence-electron chi connectivity index (χ3n) is 16.5. The molecule has 15 atom stereocenters. The van der Waals surface area contributed by atoms with E-state index in [1.807, 2.05) is 152 Å². The number of unbranched alkanes of at least 4 members (excludes halogenated alkanes) is 1. The van der Waals surface area contributed by atoms with E-state index in [1.165, 1.54) is 12.1 Å². The average Bonchev–Trinajstić information content (AvgIpc) is 0.760. The minimum Gasteiger partial charge on any atom is -0.454 e. The number of amides is 1. The molecule has 6 aromatic rings. The largest absolute Gasteiger partial charge is 0.454 e. The fourth-order valence-corrected chi connectivity index (χ4v) is 11.3. The van der Waals surface area contributed by atoms with Crippen LogP contribution >= 0.6 is 34.8 Å². The van der Waals surface area contributed by atoms with Gasteiger partial charge in [0.2, 0.25) is 0 Å². The molecule has 3 fully saturated rings. The number of benzene rings is 6. The Balaban J connectivity index is 1.22. The van der Waals surface area contributed by atoms with Crippen molar-refractivity contribution in [2.24, 2.45) is 10.8 Å². The van der Waals surface area contributed by atoms with E-state index >= 15 is 4.79 Å². The zero-order valence-electron chi connectivity index (χ0n) is 57.0. The van der Waals surface area contributed by atoms with Gasteiger partial charge < -0.3 is 76.7 Å². The molecule has 20 nitrogen and oxygen atoms in total. The quantitative estimate of drug-likeness (QED) is 0.0131. The summed E-state index contributed by atoms with van der Waals surface area (Å²) in [5, 5.41) is 15.6. The lowest BCUT2D eigenvalue weighted by Crippen LogP contribution is -2.70. The van der Waals surface area contributed by atoms with Crippen molar-refractivity contribution < 1.29 is 90.6 Å². The Morgan fingerprint density at radius 3 is 1.28 bits per heavy atom. The van der Waals surface area contributed by atoms with Gasteiger partial charge in [0.25, 0.3) is 9.70 Å². The fraction of sp³-hybridized carbons (Fsp3) is 0.455. The van der Waals surface area contributed by atoms with Crippen LogP contribution in [-0.4, -0.2) is 151 Å². The van der Waals surface area contributed by atoms with Crippen molar-refractivity contribution >= 4 is 58.6 Å². The molecular formula is C77H90Cl3NO19. The van der Waals surface area contributed by atoms with Crippen LogP contribution in [-0.2, 0) is 114 Å². The summed E-state index contributed by atoms with van der Waals surface area (Å²) < 4.78 is 92.9. The molecule has 0 unspecified atom stereocenters. The van der Waals surface area contributed by atoms with Gasteiger partial charge in [0.15, 0.2) is 37.2 Å². The van der Waals surface area contributed by atoms with Crippen molar-refractivity contribution in [3.8, 4) is 0 Å². The van der Waals surface area contributed by atoms with Crippen molar-refractivity contribution in [1.29, 1.82) is 0 Å². The van der Waals surface area contributed by atoms with E-state index in [4.69, 9.17) is 101 Å². The highest BCUT2D eigenvalue weighted by Gasteiger charge is 2.59. The predicted octanol–water partition coefficient (Wildman–Crippen LogP) is 12.1. The Hall–Kier alpha value is -6.67. The first-order valence-corrected chi connectivity index (χ1v) is 34.6. The SMILES string of the molecule is C=CCCCO[C@@H]1O[C@H](COCc2ccccc2)[C@@H](O[C@@H]2O[C@H](COCc3ccccc3)[C@H](OCc3ccccc3)[C@H](O[C@@H]3O[C@H](COCc4ccccc4)[C@@H](OC(=O)c4ccccc4)[C@H](O)[C@H]3NC(=O)C(Cl)(Cl)Cl)[C@H]2OC(=O)C(C)(C)C)[C@H](OCc2ccccc2)[C@H]1OC(=O)C(C)(C)C. The molecule has 0 spiro atoms. The van der Waals surface area contributed by atoms with Crippen LogP contribution in [0, 0.1) is 10.8 Å². The number of halogens is 3. The summed E-state index contributed by atoms with van der Waals surface area (Å²) in [7, 11) is 0. The molecular weight excluding hydrogens is 1350 g/mol. The topological polar surface area (TPSA) is 230 Å². The molecule has 100 heavy (non-hydrogen) atoms. The van der Waals surface area contributed by atoms with Crippen molar-refractivity contribution in [3.63, 3.8) is 0 Å². The molecule has 3 saturated heterocycles. The van der Waals surface area contributed by atoms with E-state index in [9.17, 15) is 19.5 Å². The molecule has 3 aliphatic rings. The third-order valence-corrected chi connectivity index (χ3v) is 17.1. The minimum atomic E-state index is -2.65. The van der Waals surface area contributed by atoms with Crippen LogP contribution in [0.2, 0.25) is 0 Å². The first-order valence-electron chi connectivity index (χ1n) is 33.4. The van der Waals surface area contributed by atoms with Crippen LogP contribution in [0.3, 0.4) is 0 Å². The highest BCUT2D eigenvalue weighted by atomic mass is 35.6. The molecule has 0 aliphatic carbocycles. The molecule has 3 heterocycles. The maximum absolute atomic E-state index is 15.1. The van der Waals surface area contributed by atoms with Crippen LogP contribution < -0.4 is 5.32 Å². The van der Waals surface area contributed by atoms with Gasteiger partial charge in [-0.3, -0.25) is 14.4 Å². The molecule has 0 aromatic heterocycles. The maximum atomic E-state index is 15.1.